The van der Waals surface area contributed by atoms with E-state index in [4.69, 9.17) is 0 Å². The second kappa shape index (κ2) is 12.7. The zero-order valence-corrected chi connectivity index (χ0v) is 14.3. The average Bonchev–Trinajstić information content (AvgIpc) is 2.51. The van der Waals surface area contributed by atoms with Crippen molar-refractivity contribution in [3.05, 3.63) is 128 Å². The van der Waals surface area contributed by atoms with Crippen molar-refractivity contribution in [2.75, 3.05) is 0 Å². The second-order valence-corrected chi connectivity index (χ2v) is 4.46. The van der Waals surface area contributed by atoms with Crippen LogP contribution in [0.4, 0.5) is 0 Å². The predicted octanol–water partition coefficient (Wildman–Crippen LogP) is 5.72. The van der Waals surface area contributed by atoms with Crippen LogP contribution in [0, 0.1) is 20.8 Å². The van der Waals surface area contributed by atoms with Crippen molar-refractivity contribution in [3.8, 4) is 0 Å². The molecule has 0 heterocycles. The Balaban J connectivity index is 0. The van der Waals surface area contributed by atoms with E-state index in [2.05, 4.69) is 20.8 Å². The van der Waals surface area contributed by atoms with E-state index in [0.29, 0.717) is 0 Å². The van der Waals surface area contributed by atoms with Crippen molar-refractivity contribution in [3.63, 3.8) is 0 Å². The van der Waals surface area contributed by atoms with Crippen LogP contribution in [0.1, 0.15) is 18.1 Å². The first kappa shape index (κ1) is 20.0. The Morgan fingerprint density at radius 2 is 0.591 bits per heavy atom. The van der Waals surface area contributed by atoms with E-state index in [9.17, 15) is 0 Å². The molecule has 0 amide bonds. The minimum atomic E-state index is 0. The fourth-order valence-electron chi connectivity index (χ4n) is 1.43. The molecule has 0 nitrogen and oxygen atoms in total. The van der Waals surface area contributed by atoms with Gasteiger partial charge in [0.25, 0.3) is 0 Å². The summed E-state index contributed by atoms with van der Waals surface area (Å²) >= 11 is 0. The topological polar surface area (TPSA) is 0 Å². The minimum absolute atomic E-state index is 0. The Bertz CT molecular complexity index is 491. The SMILES string of the molecule is [CH2-]c1ccccc1.[CH2-]c1ccccc1.[CH2-]c1ccccc1.[H-].[Ti+3]. The Labute approximate surface area is 151 Å². The molecule has 1 radical (unpaired) electrons. The monoisotopic (exact) mass is 322 g/mol. The van der Waals surface area contributed by atoms with Gasteiger partial charge in [0.05, 0.1) is 0 Å². The average molecular weight is 322 g/mol. The summed E-state index contributed by atoms with van der Waals surface area (Å²) in [5, 5.41) is 0. The molecule has 3 aromatic rings. The van der Waals surface area contributed by atoms with E-state index >= 15 is 0 Å². The summed E-state index contributed by atoms with van der Waals surface area (Å²) in [5.74, 6) is 0. The summed E-state index contributed by atoms with van der Waals surface area (Å²) in [6, 6.07) is 29.6. The van der Waals surface area contributed by atoms with E-state index in [1.807, 2.05) is 91.0 Å². The summed E-state index contributed by atoms with van der Waals surface area (Å²) in [5.41, 5.74) is 3.22. The summed E-state index contributed by atoms with van der Waals surface area (Å²) < 4.78 is 0. The summed E-state index contributed by atoms with van der Waals surface area (Å²) in [6.45, 7) is 11.2. The number of rotatable bonds is 0. The Morgan fingerprint density at radius 1 is 0.409 bits per heavy atom. The molecule has 111 valence electrons. The van der Waals surface area contributed by atoms with Crippen LogP contribution in [0.3, 0.4) is 0 Å². The van der Waals surface area contributed by atoms with Crippen LogP contribution in [-0.4, -0.2) is 0 Å². The zero-order valence-electron chi connectivity index (χ0n) is 13.8. The second-order valence-electron chi connectivity index (χ2n) is 4.46. The van der Waals surface area contributed by atoms with E-state index in [0.717, 1.165) is 16.7 Å². The maximum absolute atomic E-state index is 3.72. The first-order chi connectivity index (χ1) is 10.2. The quantitative estimate of drug-likeness (QED) is 0.367. The fraction of sp³-hybridized carbons (Fsp3) is 0. The fourth-order valence-corrected chi connectivity index (χ4v) is 1.43. The molecule has 0 spiro atoms. The molecule has 0 saturated heterocycles. The van der Waals surface area contributed by atoms with Crippen molar-refractivity contribution in [2.24, 2.45) is 0 Å². The third-order valence-corrected chi connectivity index (χ3v) is 2.53. The maximum atomic E-state index is 3.72. The van der Waals surface area contributed by atoms with Gasteiger partial charge in [0.1, 0.15) is 0 Å². The van der Waals surface area contributed by atoms with Crippen molar-refractivity contribution >= 4 is 0 Å². The molecule has 0 aliphatic rings. The molecular weight excluding hydrogens is 300 g/mol. The van der Waals surface area contributed by atoms with Gasteiger partial charge in [-0.15, -0.1) is 36.4 Å². The first-order valence-corrected chi connectivity index (χ1v) is 6.79. The molecular formula is C21H22Ti-. The molecule has 0 atom stereocenters. The maximum Gasteiger partial charge on any atom is 3.00 e. The molecule has 0 aliphatic heterocycles. The van der Waals surface area contributed by atoms with Crippen LogP contribution in [0.2, 0.25) is 0 Å². The van der Waals surface area contributed by atoms with Gasteiger partial charge in [0.15, 0.2) is 0 Å². The number of hydrogen-bond donors (Lipinski definition) is 0. The summed E-state index contributed by atoms with van der Waals surface area (Å²) in [4.78, 5) is 0. The third-order valence-electron chi connectivity index (χ3n) is 2.53. The van der Waals surface area contributed by atoms with Crippen molar-refractivity contribution in [2.45, 2.75) is 0 Å². The van der Waals surface area contributed by atoms with Gasteiger partial charge in [-0.2, -0.15) is 73.9 Å². The van der Waals surface area contributed by atoms with Crippen LogP contribution in [0.15, 0.2) is 91.0 Å². The molecule has 0 aromatic heterocycles. The minimum Gasteiger partial charge on any atom is -1.00 e. The Hall–Kier alpha value is -2.02. The van der Waals surface area contributed by atoms with E-state index in [1.54, 1.807) is 0 Å². The molecule has 0 bridgehead atoms. The van der Waals surface area contributed by atoms with Gasteiger partial charge in [-0.25, -0.2) is 0 Å². The molecule has 1 heteroatoms. The number of hydrogen-bond acceptors (Lipinski definition) is 0. The molecule has 3 rings (SSSR count). The molecule has 0 unspecified atom stereocenters. The summed E-state index contributed by atoms with van der Waals surface area (Å²) in [6.07, 6.45) is 0. The van der Waals surface area contributed by atoms with Gasteiger partial charge < -0.3 is 1.43 Å². The van der Waals surface area contributed by atoms with Crippen LogP contribution in [-0.2, 0) is 21.7 Å². The van der Waals surface area contributed by atoms with Crippen LogP contribution >= 0.6 is 0 Å². The van der Waals surface area contributed by atoms with Gasteiger partial charge >= 0.3 is 21.7 Å². The first-order valence-electron chi connectivity index (χ1n) is 6.79. The van der Waals surface area contributed by atoms with Crippen LogP contribution in [0.25, 0.3) is 0 Å². The van der Waals surface area contributed by atoms with E-state index in [1.165, 1.54) is 0 Å². The Kier molecular flexibility index (Phi) is 11.5. The molecule has 0 N–H and O–H groups in total. The standard InChI is InChI=1S/3C7H7.Ti.H/c3*1-7-5-3-2-4-6-7;;/h3*2-6H,1H2;;/q3*-1;+3;-1. The van der Waals surface area contributed by atoms with E-state index in [-0.39, 0.29) is 23.1 Å². The van der Waals surface area contributed by atoms with Gasteiger partial charge in [-0.3, -0.25) is 0 Å². The third kappa shape index (κ3) is 10.7. The molecule has 3 aromatic carbocycles. The molecule has 0 fully saturated rings. The smallest absolute Gasteiger partial charge is 1.00 e. The molecule has 0 aliphatic carbocycles. The van der Waals surface area contributed by atoms with Gasteiger partial charge in [-0.1, -0.05) is 18.2 Å². The van der Waals surface area contributed by atoms with Crippen molar-refractivity contribution in [1.29, 1.82) is 0 Å². The van der Waals surface area contributed by atoms with Gasteiger partial charge in [-0.05, 0) is 0 Å². The van der Waals surface area contributed by atoms with E-state index < -0.39 is 0 Å². The summed E-state index contributed by atoms with van der Waals surface area (Å²) in [7, 11) is 0. The zero-order chi connectivity index (χ0) is 15.3. The van der Waals surface area contributed by atoms with Crippen LogP contribution < -0.4 is 0 Å². The van der Waals surface area contributed by atoms with Gasteiger partial charge in [0.2, 0.25) is 0 Å². The predicted molar refractivity (Wildman–Crippen MR) is 93.8 cm³/mol. The largest absolute Gasteiger partial charge is 3.00 e. The normalized spacial score (nSPS) is 8.18. The van der Waals surface area contributed by atoms with Crippen molar-refractivity contribution < 1.29 is 23.1 Å². The van der Waals surface area contributed by atoms with Crippen molar-refractivity contribution in [1.82, 2.24) is 0 Å². The number of benzene rings is 3. The van der Waals surface area contributed by atoms with Crippen LogP contribution in [0.5, 0.6) is 0 Å². The Morgan fingerprint density at radius 3 is 0.682 bits per heavy atom. The molecule has 0 saturated carbocycles. The van der Waals surface area contributed by atoms with Gasteiger partial charge in [0, 0.05) is 0 Å². The molecule has 22 heavy (non-hydrogen) atoms.